The topological polar surface area (TPSA) is 40.5 Å². The molecule has 0 amide bonds. The van der Waals surface area contributed by atoms with Crippen molar-refractivity contribution in [3.8, 4) is 0 Å². The minimum atomic E-state index is -1.38. The van der Waals surface area contributed by atoms with Gasteiger partial charge in [-0.25, -0.2) is 0 Å². The minimum Gasteiger partial charge on any atom is -0.368 e. The fourth-order valence-electron chi connectivity index (χ4n) is 0.272. The molecule has 2 N–H and O–H groups in total. The molecule has 0 bridgehead atoms. The van der Waals surface area contributed by atoms with E-state index in [4.69, 9.17) is 17.1 Å². The van der Waals surface area contributed by atoms with Crippen LogP contribution in [0.3, 0.4) is 0 Å². The Hall–Kier alpha value is -0.0800. The molecule has 0 saturated heterocycles. The van der Waals surface area contributed by atoms with Crippen molar-refractivity contribution in [3.05, 3.63) is 13.3 Å². The van der Waals surface area contributed by atoms with Gasteiger partial charge in [-0.05, 0) is 12.8 Å². The third-order valence-electron chi connectivity index (χ3n) is 0.476. The summed E-state index contributed by atoms with van der Waals surface area (Å²) in [7, 11) is 0. The molecule has 0 aromatic rings. The van der Waals surface area contributed by atoms with Gasteiger partial charge in [0, 0.05) is 6.42 Å². The van der Waals surface area contributed by atoms with E-state index in [-0.39, 0.29) is 5.92 Å². The van der Waals surface area contributed by atoms with E-state index < -0.39 is 6.29 Å². The molecule has 1 atom stereocenters. The first-order valence-electron chi connectivity index (χ1n) is 2.09. The summed E-state index contributed by atoms with van der Waals surface area (Å²) < 4.78 is 0. The molecule has 0 aromatic carbocycles. The van der Waals surface area contributed by atoms with Crippen LogP contribution in [0.15, 0.2) is 0 Å². The van der Waals surface area contributed by atoms with Gasteiger partial charge in [0.05, 0.1) is 0 Å². The van der Waals surface area contributed by atoms with Gasteiger partial charge in [0.25, 0.3) is 0 Å². The normalized spacial score (nSPS) is 11.1. The van der Waals surface area contributed by atoms with Crippen LogP contribution in [0.5, 0.6) is 0 Å². The average molecular weight is 101 g/mol. The Kier molecular flexibility index (Phi) is 2.96. The van der Waals surface area contributed by atoms with Crippen LogP contribution in [-0.4, -0.2) is 16.5 Å². The highest BCUT2D eigenvalue weighted by Crippen LogP contribution is 1.97. The van der Waals surface area contributed by atoms with Crippen molar-refractivity contribution in [2.45, 2.75) is 13.2 Å². The zero-order valence-electron chi connectivity index (χ0n) is 4.20. The fraction of sp³-hybridized carbons (Fsp3) is 0.600. The maximum atomic E-state index is 8.14. The van der Waals surface area contributed by atoms with E-state index in [1.807, 2.05) is 0 Å². The first-order valence-corrected chi connectivity index (χ1v) is 2.09. The van der Waals surface area contributed by atoms with Gasteiger partial charge in [-0.1, -0.05) is 6.92 Å². The summed E-state index contributed by atoms with van der Waals surface area (Å²) in [5, 5.41) is 16.3. The van der Waals surface area contributed by atoms with Gasteiger partial charge in [-0.15, -0.1) is 0 Å². The van der Waals surface area contributed by atoms with Crippen molar-refractivity contribution >= 4 is 0 Å². The van der Waals surface area contributed by atoms with Crippen molar-refractivity contribution in [1.29, 1.82) is 0 Å². The smallest absolute Gasteiger partial charge is 0.155 e. The summed E-state index contributed by atoms with van der Waals surface area (Å²) in [5.41, 5.74) is 0. The van der Waals surface area contributed by atoms with Gasteiger partial charge in [-0.2, -0.15) is 0 Å². The van der Waals surface area contributed by atoms with Crippen LogP contribution in [0, 0.1) is 19.3 Å². The van der Waals surface area contributed by atoms with Crippen molar-refractivity contribution in [1.82, 2.24) is 0 Å². The first kappa shape index (κ1) is 6.92. The number of hydrogen-bond donors (Lipinski definition) is 2. The van der Waals surface area contributed by atoms with Crippen LogP contribution in [0.4, 0.5) is 0 Å². The maximum Gasteiger partial charge on any atom is 0.155 e. The minimum absolute atomic E-state index is 0.250. The average Bonchev–Trinajstić information content (AvgIpc) is 1.27. The molecule has 41 valence electrons. The Labute approximate surface area is 43.8 Å². The Morgan fingerprint density at radius 2 is 2.00 bits per heavy atom. The molecule has 3 radical (unpaired) electrons. The number of aliphatic hydroxyl groups excluding tert-OH is 1. The zero-order valence-corrected chi connectivity index (χ0v) is 4.20. The lowest BCUT2D eigenvalue weighted by Gasteiger charge is -2.02. The van der Waals surface area contributed by atoms with Gasteiger partial charge in [0.2, 0.25) is 0 Å². The summed E-state index contributed by atoms with van der Waals surface area (Å²) >= 11 is 0. The standard InChI is InChI=1S/C5H9O2/c1-4(2)3-5(6)7/h1,3-7H,2H3. The molecule has 2 nitrogen and oxygen atoms in total. The zero-order chi connectivity index (χ0) is 5.86. The molecule has 0 aliphatic rings. The predicted octanol–water partition coefficient (Wildman–Crippen LogP) is -0.151. The lowest BCUT2D eigenvalue weighted by Crippen LogP contribution is -2.08. The molecule has 2 heteroatoms. The molecule has 0 aliphatic heterocycles. The van der Waals surface area contributed by atoms with Gasteiger partial charge in [-0.3, -0.25) is 0 Å². The van der Waals surface area contributed by atoms with E-state index in [0.717, 1.165) is 0 Å². The molecule has 0 aliphatic carbocycles. The van der Waals surface area contributed by atoms with E-state index in [1.165, 1.54) is 6.42 Å². The fourth-order valence-corrected chi connectivity index (χ4v) is 0.272. The summed E-state index contributed by atoms with van der Waals surface area (Å²) in [5.74, 6) is -0.250. The number of rotatable bonds is 2. The van der Waals surface area contributed by atoms with E-state index in [2.05, 4.69) is 0 Å². The lowest BCUT2D eigenvalue weighted by molar-refractivity contribution is -0.0166. The van der Waals surface area contributed by atoms with Crippen LogP contribution in [-0.2, 0) is 0 Å². The third-order valence-corrected chi connectivity index (χ3v) is 0.476. The SMILES string of the molecule is [CH]C(C)[CH]C(O)O. The quantitative estimate of drug-likeness (QED) is 0.475. The highest BCUT2D eigenvalue weighted by Gasteiger charge is 1.99. The van der Waals surface area contributed by atoms with E-state index in [1.54, 1.807) is 6.92 Å². The van der Waals surface area contributed by atoms with Crippen LogP contribution in [0.25, 0.3) is 0 Å². The van der Waals surface area contributed by atoms with E-state index in [0.29, 0.717) is 0 Å². The van der Waals surface area contributed by atoms with Crippen LogP contribution in [0.1, 0.15) is 6.92 Å². The molecule has 0 aromatic heterocycles. The Morgan fingerprint density at radius 3 is 2.00 bits per heavy atom. The molecule has 1 unspecified atom stereocenters. The second kappa shape index (κ2) is 2.99. The van der Waals surface area contributed by atoms with Crippen molar-refractivity contribution < 1.29 is 10.2 Å². The van der Waals surface area contributed by atoms with Gasteiger partial charge >= 0.3 is 0 Å². The Balaban J connectivity index is 2.95. The van der Waals surface area contributed by atoms with Crippen molar-refractivity contribution in [2.75, 3.05) is 0 Å². The molecule has 7 heavy (non-hydrogen) atoms. The van der Waals surface area contributed by atoms with Gasteiger partial charge < -0.3 is 10.2 Å². The highest BCUT2D eigenvalue weighted by atomic mass is 16.5. The van der Waals surface area contributed by atoms with E-state index >= 15 is 0 Å². The first-order chi connectivity index (χ1) is 3.13. The monoisotopic (exact) mass is 101 g/mol. The number of aliphatic hydroxyl groups is 2. The largest absolute Gasteiger partial charge is 0.368 e. The summed E-state index contributed by atoms with van der Waals surface area (Å²) in [4.78, 5) is 0. The van der Waals surface area contributed by atoms with Crippen LogP contribution in [0.2, 0.25) is 0 Å². The summed E-state index contributed by atoms with van der Waals surface area (Å²) in [6.45, 7) is 6.78. The molecule has 0 heterocycles. The molecule has 0 spiro atoms. The van der Waals surface area contributed by atoms with Crippen LogP contribution < -0.4 is 0 Å². The molecular weight excluding hydrogens is 92.1 g/mol. The maximum absolute atomic E-state index is 8.14. The predicted molar refractivity (Wildman–Crippen MR) is 26.0 cm³/mol. The lowest BCUT2D eigenvalue weighted by atomic mass is 10.1. The van der Waals surface area contributed by atoms with E-state index in [9.17, 15) is 0 Å². The number of hydrogen-bond acceptors (Lipinski definition) is 2. The second-order valence-electron chi connectivity index (χ2n) is 1.47. The Bertz CT molecular complexity index is 35.3. The highest BCUT2D eigenvalue weighted by molar-refractivity contribution is 4.75. The third kappa shape index (κ3) is 5.92. The molecule has 0 fully saturated rings. The molecule has 0 saturated carbocycles. The molecule has 0 rings (SSSR count). The molecular formula is C5H9O2. The van der Waals surface area contributed by atoms with Crippen molar-refractivity contribution in [2.24, 2.45) is 5.92 Å². The van der Waals surface area contributed by atoms with Crippen LogP contribution >= 0.6 is 0 Å². The second-order valence-corrected chi connectivity index (χ2v) is 1.47. The van der Waals surface area contributed by atoms with Gasteiger partial charge in [0.15, 0.2) is 6.29 Å². The summed E-state index contributed by atoms with van der Waals surface area (Å²) in [6.07, 6.45) is -0.153. The summed E-state index contributed by atoms with van der Waals surface area (Å²) in [6, 6.07) is 0. The van der Waals surface area contributed by atoms with Crippen molar-refractivity contribution in [3.63, 3.8) is 0 Å². The van der Waals surface area contributed by atoms with Gasteiger partial charge in [0.1, 0.15) is 0 Å². The Morgan fingerprint density at radius 1 is 1.57 bits per heavy atom.